The van der Waals surface area contributed by atoms with E-state index < -0.39 is 0 Å². The largest absolute Gasteiger partial charge is 0.397 e. The van der Waals surface area contributed by atoms with Crippen LogP contribution in [0, 0.1) is 0 Å². The molecular weight excluding hydrogens is 256 g/mol. The summed E-state index contributed by atoms with van der Waals surface area (Å²) in [6, 6.07) is 3.13. The second kappa shape index (κ2) is 5.40. The van der Waals surface area contributed by atoms with Crippen LogP contribution in [-0.4, -0.2) is 17.4 Å². The fourth-order valence-electron chi connectivity index (χ4n) is 1.68. The highest BCUT2D eigenvalue weighted by Gasteiger charge is 2.08. The van der Waals surface area contributed by atoms with Crippen molar-refractivity contribution < 1.29 is 9.59 Å². The minimum Gasteiger partial charge on any atom is -0.397 e. The van der Waals surface area contributed by atoms with Gasteiger partial charge >= 0.3 is 0 Å². The molecule has 1 aromatic carbocycles. The minimum absolute atomic E-state index is 0.0897. The zero-order chi connectivity index (χ0) is 14.7. The van der Waals surface area contributed by atoms with Crippen molar-refractivity contribution in [3.8, 4) is 0 Å². The van der Waals surface area contributed by atoms with Crippen molar-refractivity contribution in [3.05, 3.63) is 36.4 Å². The number of nitrogens with two attached hydrogens (primary N) is 2. The van der Waals surface area contributed by atoms with Gasteiger partial charge in [0.05, 0.1) is 28.5 Å². The molecule has 0 spiro atoms. The van der Waals surface area contributed by atoms with Crippen LogP contribution in [0.1, 0.15) is 6.92 Å². The van der Waals surface area contributed by atoms with Crippen molar-refractivity contribution in [2.75, 3.05) is 16.8 Å². The summed E-state index contributed by atoms with van der Waals surface area (Å²) in [4.78, 5) is 26.4. The van der Waals surface area contributed by atoms with Crippen molar-refractivity contribution >= 4 is 40.2 Å². The number of aliphatic imine (C=N–C) groups is 1. The molecule has 1 aromatic rings. The average Bonchev–Trinajstić information content (AvgIpc) is 2.37. The number of anilines is 3. The van der Waals surface area contributed by atoms with Gasteiger partial charge < -0.3 is 16.8 Å². The first kappa shape index (κ1) is 13.5. The van der Waals surface area contributed by atoms with E-state index in [9.17, 15) is 9.59 Å². The van der Waals surface area contributed by atoms with Crippen molar-refractivity contribution in [1.29, 1.82) is 0 Å². The van der Waals surface area contributed by atoms with Gasteiger partial charge in [-0.2, -0.15) is 0 Å². The second-order valence-electron chi connectivity index (χ2n) is 4.29. The third-order valence-corrected chi connectivity index (χ3v) is 2.60. The molecule has 0 saturated heterocycles. The monoisotopic (exact) mass is 270 g/mol. The topological polar surface area (TPSA) is 111 Å². The lowest BCUT2D eigenvalue weighted by Crippen LogP contribution is -2.08. The summed E-state index contributed by atoms with van der Waals surface area (Å²) in [6.45, 7) is 1.39. The maximum atomic E-state index is 11.1. The predicted octanol–water partition coefficient (Wildman–Crippen LogP) is 1.58. The molecule has 1 aliphatic carbocycles. The third-order valence-electron chi connectivity index (χ3n) is 2.60. The van der Waals surface area contributed by atoms with Crippen molar-refractivity contribution in [2.45, 2.75) is 6.92 Å². The smallest absolute Gasteiger partial charge is 0.221 e. The lowest BCUT2D eigenvalue weighted by Gasteiger charge is -2.10. The van der Waals surface area contributed by atoms with E-state index in [0.29, 0.717) is 28.5 Å². The molecular formula is C14H14N4O2. The third kappa shape index (κ3) is 3.11. The number of allylic oxidation sites excluding steroid dienone is 4. The average molecular weight is 270 g/mol. The van der Waals surface area contributed by atoms with Gasteiger partial charge in [-0.05, 0) is 36.4 Å². The van der Waals surface area contributed by atoms with Crippen LogP contribution < -0.4 is 16.8 Å². The normalized spacial score (nSPS) is 13.4. The zero-order valence-corrected chi connectivity index (χ0v) is 10.9. The number of benzene rings is 1. The molecule has 0 radical (unpaired) electrons. The second-order valence-corrected chi connectivity index (χ2v) is 4.29. The maximum Gasteiger partial charge on any atom is 0.221 e. The Hall–Kier alpha value is -2.89. The lowest BCUT2D eigenvalue weighted by atomic mass is 10.1. The predicted molar refractivity (Wildman–Crippen MR) is 80.0 cm³/mol. The Morgan fingerprint density at radius 1 is 1.10 bits per heavy atom. The van der Waals surface area contributed by atoms with E-state index in [1.165, 1.54) is 25.1 Å². The van der Waals surface area contributed by atoms with E-state index in [-0.39, 0.29) is 11.7 Å². The number of hydrogen-bond acceptors (Lipinski definition) is 5. The summed E-state index contributed by atoms with van der Waals surface area (Å²) >= 11 is 0. The molecule has 0 fully saturated rings. The van der Waals surface area contributed by atoms with Crippen LogP contribution in [0.3, 0.4) is 0 Å². The summed E-state index contributed by atoms with van der Waals surface area (Å²) < 4.78 is 0. The Morgan fingerprint density at radius 2 is 1.75 bits per heavy atom. The van der Waals surface area contributed by atoms with E-state index >= 15 is 0 Å². The molecule has 0 heterocycles. The molecule has 102 valence electrons. The van der Waals surface area contributed by atoms with E-state index in [1.54, 1.807) is 18.2 Å². The molecule has 0 aromatic heterocycles. The number of amides is 1. The Balaban J connectivity index is 2.39. The van der Waals surface area contributed by atoms with Crippen LogP contribution in [0.15, 0.2) is 41.4 Å². The van der Waals surface area contributed by atoms with E-state index in [1.807, 2.05) is 0 Å². The van der Waals surface area contributed by atoms with Gasteiger partial charge in [0.25, 0.3) is 0 Å². The summed E-state index contributed by atoms with van der Waals surface area (Å²) in [7, 11) is 0. The molecule has 0 aliphatic heterocycles. The highest BCUT2D eigenvalue weighted by atomic mass is 16.1. The minimum atomic E-state index is -0.233. The molecule has 0 bridgehead atoms. The van der Waals surface area contributed by atoms with Crippen molar-refractivity contribution in [3.63, 3.8) is 0 Å². The van der Waals surface area contributed by atoms with Crippen LogP contribution in [0.2, 0.25) is 0 Å². The van der Waals surface area contributed by atoms with Crippen LogP contribution >= 0.6 is 0 Å². The highest BCUT2D eigenvalue weighted by Crippen LogP contribution is 2.31. The van der Waals surface area contributed by atoms with Crippen LogP contribution in [0.25, 0.3) is 0 Å². The molecule has 0 atom stereocenters. The Labute approximate surface area is 115 Å². The van der Waals surface area contributed by atoms with Crippen molar-refractivity contribution in [2.24, 2.45) is 4.99 Å². The van der Waals surface area contributed by atoms with Crippen LogP contribution in [0.5, 0.6) is 0 Å². The van der Waals surface area contributed by atoms with E-state index in [4.69, 9.17) is 11.5 Å². The first-order valence-electron chi connectivity index (χ1n) is 5.91. The van der Waals surface area contributed by atoms with E-state index in [2.05, 4.69) is 10.3 Å². The van der Waals surface area contributed by atoms with Gasteiger partial charge in [-0.25, -0.2) is 4.99 Å². The zero-order valence-electron chi connectivity index (χ0n) is 10.9. The molecule has 2 rings (SSSR count). The van der Waals surface area contributed by atoms with Gasteiger partial charge in [-0.1, -0.05) is 0 Å². The van der Waals surface area contributed by atoms with Crippen LogP contribution in [0.4, 0.5) is 22.7 Å². The molecule has 0 saturated carbocycles. The van der Waals surface area contributed by atoms with Gasteiger partial charge in [0.2, 0.25) is 5.91 Å². The number of nitrogens with zero attached hydrogens (tertiary/aromatic N) is 1. The molecule has 0 unspecified atom stereocenters. The number of carbonyl (C=O) groups is 2. The molecule has 20 heavy (non-hydrogen) atoms. The lowest BCUT2D eigenvalue weighted by molar-refractivity contribution is -0.114. The van der Waals surface area contributed by atoms with Crippen LogP contribution in [-0.2, 0) is 9.59 Å². The number of rotatable bonds is 2. The molecule has 6 nitrogen and oxygen atoms in total. The summed E-state index contributed by atoms with van der Waals surface area (Å²) in [5.41, 5.74) is 13.9. The van der Waals surface area contributed by atoms with E-state index in [0.717, 1.165) is 0 Å². The Kier molecular flexibility index (Phi) is 3.65. The number of hydrogen-bond donors (Lipinski definition) is 3. The number of carbonyl (C=O) groups excluding carboxylic acids is 2. The standard InChI is InChI=1S/C14H14N4O2/c1-8(19)17-13-7-14(12(16)6-11(13)15)18-9-2-4-10(20)5-3-9/h2-7H,15-16H2,1H3,(H,17,19). The summed E-state index contributed by atoms with van der Waals surface area (Å²) in [5.74, 6) is -0.323. The van der Waals surface area contributed by atoms with Gasteiger partial charge in [0.15, 0.2) is 5.78 Å². The summed E-state index contributed by atoms with van der Waals surface area (Å²) in [5, 5.41) is 2.61. The number of nitrogens with one attached hydrogen (secondary N) is 1. The first-order valence-corrected chi connectivity index (χ1v) is 5.91. The van der Waals surface area contributed by atoms with Crippen molar-refractivity contribution in [1.82, 2.24) is 0 Å². The fourth-order valence-corrected chi connectivity index (χ4v) is 1.68. The maximum absolute atomic E-state index is 11.1. The van der Waals surface area contributed by atoms with Gasteiger partial charge in [0.1, 0.15) is 0 Å². The molecule has 1 aliphatic rings. The molecule has 6 heteroatoms. The first-order chi connectivity index (χ1) is 9.45. The number of nitrogen functional groups attached to an aromatic ring is 2. The summed E-state index contributed by atoms with van der Waals surface area (Å²) in [6.07, 6.45) is 6.02. The fraction of sp³-hybridized carbons (Fsp3) is 0.0714. The van der Waals surface area contributed by atoms with Gasteiger partial charge in [-0.3, -0.25) is 9.59 Å². The highest BCUT2D eigenvalue weighted by molar-refractivity contribution is 6.17. The quantitative estimate of drug-likeness (QED) is 0.559. The van der Waals surface area contributed by atoms with Gasteiger partial charge in [0, 0.05) is 6.92 Å². The van der Waals surface area contributed by atoms with Gasteiger partial charge in [-0.15, -0.1) is 0 Å². The SMILES string of the molecule is CC(=O)Nc1cc(N=C2C=CC(=O)C=C2)c(N)cc1N. The molecule has 1 amide bonds. The molecule has 5 N–H and O–H groups in total. The number of ketones is 1. The Morgan fingerprint density at radius 3 is 2.35 bits per heavy atom. The Bertz CT molecular complexity index is 654.